The maximum Gasteiger partial charge on any atom is 0.119 e. The van der Waals surface area contributed by atoms with Crippen LogP contribution in [0.5, 0.6) is 5.75 Å². The van der Waals surface area contributed by atoms with Crippen molar-refractivity contribution in [1.82, 2.24) is 10.2 Å². The van der Waals surface area contributed by atoms with Crippen molar-refractivity contribution in [3.63, 3.8) is 0 Å². The van der Waals surface area contributed by atoms with E-state index in [2.05, 4.69) is 42.4 Å². The van der Waals surface area contributed by atoms with Gasteiger partial charge in [0, 0.05) is 18.6 Å². The minimum absolute atomic E-state index is 0.428. The summed E-state index contributed by atoms with van der Waals surface area (Å²) in [6, 6.07) is 7.61. The van der Waals surface area contributed by atoms with Gasteiger partial charge in [0.05, 0.1) is 7.11 Å². The lowest BCUT2D eigenvalue weighted by Crippen LogP contribution is -2.46. The Hall–Kier alpha value is -1.06. The van der Waals surface area contributed by atoms with E-state index in [-0.39, 0.29) is 0 Å². The van der Waals surface area contributed by atoms with Gasteiger partial charge in [-0.15, -0.1) is 0 Å². The van der Waals surface area contributed by atoms with Crippen molar-refractivity contribution < 1.29 is 4.74 Å². The lowest BCUT2D eigenvalue weighted by atomic mass is 9.83. The second-order valence-electron chi connectivity index (χ2n) is 6.59. The topological polar surface area (TPSA) is 24.5 Å². The zero-order valence-electron chi connectivity index (χ0n) is 13.6. The summed E-state index contributed by atoms with van der Waals surface area (Å²) >= 11 is 0. The maximum atomic E-state index is 5.44. The molecule has 116 valence electrons. The molecule has 3 rings (SSSR count). The van der Waals surface area contributed by atoms with Crippen molar-refractivity contribution in [2.24, 2.45) is 5.92 Å². The lowest BCUT2D eigenvalue weighted by molar-refractivity contribution is 0.167. The minimum Gasteiger partial charge on any atom is -0.497 e. The first-order valence-corrected chi connectivity index (χ1v) is 8.33. The van der Waals surface area contributed by atoms with Crippen LogP contribution in [0.1, 0.15) is 43.4 Å². The number of nitrogens with zero attached hydrogens (tertiary/aromatic N) is 1. The van der Waals surface area contributed by atoms with Crippen LogP contribution in [-0.4, -0.2) is 38.2 Å². The van der Waals surface area contributed by atoms with Gasteiger partial charge in [0.25, 0.3) is 0 Å². The molecule has 3 nitrogen and oxygen atoms in total. The molecule has 2 unspecified atom stereocenters. The number of rotatable bonds is 6. The third kappa shape index (κ3) is 3.24. The van der Waals surface area contributed by atoms with E-state index in [1.54, 1.807) is 7.11 Å². The van der Waals surface area contributed by atoms with Crippen LogP contribution in [0.25, 0.3) is 0 Å². The molecule has 0 heterocycles. The summed E-state index contributed by atoms with van der Waals surface area (Å²) < 4.78 is 5.44. The summed E-state index contributed by atoms with van der Waals surface area (Å²) in [6.07, 6.45) is 5.28. The Kier molecular flexibility index (Phi) is 4.51. The standard InChI is InChI=1S/C18H28N2O/c1-4-19-18-16-11-15(21-3)9-7-14(16)8-10-17(18)20(2)12-13-5-6-13/h7,9,11,13,17-19H,4-6,8,10,12H2,1-3H3. The quantitative estimate of drug-likeness (QED) is 0.871. The van der Waals surface area contributed by atoms with Gasteiger partial charge in [-0.25, -0.2) is 0 Å². The second kappa shape index (κ2) is 6.37. The highest BCUT2D eigenvalue weighted by molar-refractivity contribution is 5.40. The van der Waals surface area contributed by atoms with Crippen molar-refractivity contribution in [3.05, 3.63) is 29.3 Å². The van der Waals surface area contributed by atoms with Crippen molar-refractivity contribution in [2.75, 3.05) is 27.2 Å². The predicted octanol–water partition coefficient (Wildman–Crippen LogP) is 3.00. The van der Waals surface area contributed by atoms with E-state index in [9.17, 15) is 0 Å². The Morgan fingerprint density at radius 3 is 2.76 bits per heavy atom. The van der Waals surface area contributed by atoms with Gasteiger partial charge in [-0.05, 0) is 68.5 Å². The number of benzene rings is 1. The molecule has 2 aliphatic rings. The highest BCUT2D eigenvalue weighted by atomic mass is 16.5. The Balaban J connectivity index is 1.84. The fourth-order valence-electron chi connectivity index (χ4n) is 3.68. The fourth-order valence-corrected chi connectivity index (χ4v) is 3.68. The Morgan fingerprint density at radius 1 is 1.29 bits per heavy atom. The van der Waals surface area contributed by atoms with Gasteiger partial charge in [0.2, 0.25) is 0 Å². The summed E-state index contributed by atoms with van der Waals surface area (Å²) in [5.74, 6) is 1.92. The minimum atomic E-state index is 0.428. The third-order valence-electron chi connectivity index (χ3n) is 5.02. The van der Waals surface area contributed by atoms with Gasteiger partial charge < -0.3 is 15.0 Å². The molecule has 1 aromatic carbocycles. The van der Waals surface area contributed by atoms with Crippen LogP contribution in [-0.2, 0) is 6.42 Å². The van der Waals surface area contributed by atoms with E-state index in [0.717, 1.165) is 18.2 Å². The third-order valence-corrected chi connectivity index (χ3v) is 5.02. The van der Waals surface area contributed by atoms with E-state index >= 15 is 0 Å². The molecule has 0 aromatic heterocycles. The SMILES string of the molecule is CCNC1c2cc(OC)ccc2CCC1N(C)CC1CC1. The fraction of sp³-hybridized carbons (Fsp3) is 0.667. The van der Waals surface area contributed by atoms with Gasteiger partial charge in [-0.3, -0.25) is 0 Å². The maximum absolute atomic E-state index is 5.44. The molecule has 1 fully saturated rings. The van der Waals surface area contributed by atoms with Gasteiger partial charge in [-0.1, -0.05) is 13.0 Å². The van der Waals surface area contributed by atoms with Crippen molar-refractivity contribution in [2.45, 2.75) is 44.7 Å². The Bertz CT molecular complexity index is 484. The second-order valence-corrected chi connectivity index (χ2v) is 6.59. The molecule has 2 aliphatic carbocycles. The average Bonchev–Trinajstić information content (AvgIpc) is 3.31. The number of likely N-dealkylation sites (N-methyl/N-ethyl adjacent to an activating group) is 2. The molecule has 21 heavy (non-hydrogen) atoms. The average molecular weight is 288 g/mol. The Labute approximate surface area is 128 Å². The van der Waals surface area contributed by atoms with Crippen molar-refractivity contribution in [3.8, 4) is 5.75 Å². The van der Waals surface area contributed by atoms with Gasteiger partial charge in [-0.2, -0.15) is 0 Å². The summed E-state index contributed by atoms with van der Waals surface area (Å²) in [4.78, 5) is 2.59. The van der Waals surface area contributed by atoms with E-state index in [4.69, 9.17) is 4.74 Å². The van der Waals surface area contributed by atoms with Crippen molar-refractivity contribution >= 4 is 0 Å². The van der Waals surface area contributed by atoms with E-state index in [0.29, 0.717) is 12.1 Å². The largest absolute Gasteiger partial charge is 0.497 e. The van der Waals surface area contributed by atoms with Gasteiger partial charge in [0.1, 0.15) is 5.75 Å². The highest BCUT2D eigenvalue weighted by Gasteiger charge is 2.34. The number of nitrogens with one attached hydrogen (secondary N) is 1. The van der Waals surface area contributed by atoms with Crippen LogP contribution in [0, 0.1) is 5.92 Å². The molecule has 2 atom stereocenters. The zero-order valence-corrected chi connectivity index (χ0v) is 13.6. The number of ether oxygens (including phenoxy) is 1. The summed E-state index contributed by atoms with van der Waals surface area (Å²) in [7, 11) is 4.06. The van der Waals surface area contributed by atoms with Gasteiger partial charge in [0.15, 0.2) is 0 Å². The molecule has 0 radical (unpaired) electrons. The molecule has 0 bridgehead atoms. The van der Waals surface area contributed by atoms with Crippen LogP contribution in [0.4, 0.5) is 0 Å². The molecule has 1 saturated carbocycles. The molecule has 0 amide bonds. The number of methoxy groups -OCH3 is 1. The molecule has 0 aliphatic heterocycles. The smallest absolute Gasteiger partial charge is 0.119 e. The molecule has 0 spiro atoms. The first-order chi connectivity index (χ1) is 10.2. The lowest BCUT2D eigenvalue weighted by Gasteiger charge is -2.40. The number of hydrogen-bond acceptors (Lipinski definition) is 3. The molecule has 0 saturated heterocycles. The van der Waals surface area contributed by atoms with Crippen LogP contribution in [0.3, 0.4) is 0 Å². The van der Waals surface area contributed by atoms with Gasteiger partial charge >= 0.3 is 0 Å². The number of fused-ring (bicyclic) bond motifs is 1. The number of hydrogen-bond donors (Lipinski definition) is 1. The predicted molar refractivity (Wildman–Crippen MR) is 86.9 cm³/mol. The van der Waals surface area contributed by atoms with Crippen molar-refractivity contribution in [1.29, 1.82) is 0 Å². The summed E-state index contributed by atoms with van der Waals surface area (Å²) in [5.41, 5.74) is 2.92. The summed E-state index contributed by atoms with van der Waals surface area (Å²) in [5, 5.41) is 3.72. The van der Waals surface area contributed by atoms with Crippen LogP contribution < -0.4 is 10.1 Å². The molecule has 1 N–H and O–H groups in total. The van der Waals surface area contributed by atoms with Crippen LogP contribution in [0.2, 0.25) is 0 Å². The molecular formula is C18H28N2O. The zero-order chi connectivity index (χ0) is 14.8. The molecule has 1 aromatic rings. The molecule has 3 heteroatoms. The summed E-state index contributed by atoms with van der Waals surface area (Å²) in [6.45, 7) is 4.47. The first kappa shape index (κ1) is 14.9. The van der Waals surface area contributed by atoms with Crippen LogP contribution in [0.15, 0.2) is 18.2 Å². The highest BCUT2D eigenvalue weighted by Crippen LogP contribution is 2.37. The Morgan fingerprint density at radius 2 is 2.10 bits per heavy atom. The van der Waals surface area contributed by atoms with E-state index in [1.807, 2.05) is 0 Å². The first-order valence-electron chi connectivity index (χ1n) is 8.33. The van der Waals surface area contributed by atoms with Crippen LogP contribution >= 0.6 is 0 Å². The monoisotopic (exact) mass is 288 g/mol. The normalized spacial score (nSPS) is 25.0. The number of aryl methyl sites for hydroxylation is 1. The van der Waals surface area contributed by atoms with E-state index in [1.165, 1.54) is 43.4 Å². The molecular weight excluding hydrogens is 260 g/mol. The van der Waals surface area contributed by atoms with E-state index < -0.39 is 0 Å².